The lowest BCUT2D eigenvalue weighted by molar-refractivity contribution is 0.0778. The zero-order valence-electron chi connectivity index (χ0n) is 15.0. The quantitative estimate of drug-likeness (QED) is 0.854. The van der Waals surface area contributed by atoms with Gasteiger partial charge in [0.2, 0.25) is 10.0 Å². The lowest BCUT2D eigenvalue weighted by atomic mass is 10.0. The van der Waals surface area contributed by atoms with E-state index in [1.807, 2.05) is 0 Å². The lowest BCUT2D eigenvalue weighted by Crippen LogP contribution is -2.38. The zero-order valence-corrected chi connectivity index (χ0v) is 15.8. The zero-order chi connectivity index (χ0) is 18.2. The molecule has 1 amide bonds. The summed E-state index contributed by atoms with van der Waals surface area (Å²) in [7, 11) is -1.82. The minimum absolute atomic E-state index is 0.119. The summed E-state index contributed by atoms with van der Waals surface area (Å²) in [6, 6.07) is 1.52. The van der Waals surface area contributed by atoms with Gasteiger partial charge in [-0.2, -0.15) is 4.31 Å². The maximum Gasteiger partial charge on any atom is 0.270 e. The number of carbonyl (C=O) groups is 1. The smallest absolute Gasteiger partial charge is 0.270 e. The Morgan fingerprint density at radius 2 is 2.04 bits per heavy atom. The van der Waals surface area contributed by atoms with E-state index < -0.39 is 10.0 Å². The molecule has 2 unspecified atom stereocenters. The van der Waals surface area contributed by atoms with Crippen molar-refractivity contribution in [2.45, 2.75) is 31.1 Å². The van der Waals surface area contributed by atoms with E-state index in [9.17, 15) is 13.2 Å². The van der Waals surface area contributed by atoms with Crippen molar-refractivity contribution >= 4 is 15.9 Å². The molecule has 7 nitrogen and oxygen atoms in total. The molecule has 2 N–H and O–H groups in total. The average molecular weight is 369 g/mol. The van der Waals surface area contributed by atoms with E-state index in [1.165, 1.54) is 6.07 Å². The highest BCUT2D eigenvalue weighted by Gasteiger charge is 2.32. The third-order valence-corrected chi connectivity index (χ3v) is 7.19. The van der Waals surface area contributed by atoms with Gasteiger partial charge in [0.15, 0.2) is 0 Å². The van der Waals surface area contributed by atoms with Crippen molar-refractivity contribution in [2.24, 2.45) is 24.6 Å². The molecule has 2 atom stereocenters. The first-order valence-electron chi connectivity index (χ1n) is 8.98. The SMILES string of the molecule is CC1CCCN(S(=O)(=O)c2cc(C(=O)N3CCC(CN)C3)n(C)c2)C1. The molecule has 0 aromatic carbocycles. The Labute approximate surface area is 149 Å². The molecule has 25 heavy (non-hydrogen) atoms. The van der Waals surface area contributed by atoms with Crippen LogP contribution in [0.5, 0.6) is 0 Å². The van der Waals surface area contributed by atoms with Crippen LogP contribution < -0.4 is 5.73 Å². The Morgan fingerprint density at radius 1 is 1.28 bits per heavy atom. The summed E-state index contributed by atoms with van der Waals surface area (Å²) in [5.74, 6) is 0.584. The molecular formula is C17H28N4O3S. The fourth-order valence-electron chi connectivity index (χ4n) is 3.77. The first-order valence-corrected chi connectivity index (χ1v) is 10.4. The third kappa shape index (κ3) is 3.61. The van der Waals surface area contributed by atoms with Crippen molar-refractivity contribution < 1.29 is 13.2 Å². The molecule has 3 rings (SSSR count). The molecule has 2 saturated heterocycles. The Morgan fingerprint density at radius 3 is 2.68 bits per heavy atom. The highest BCUT2D eigenvalue weighted by molar-refractivity contribution is 7.89. The van der Waals surface area contributed by atoms with E-state index >= 15 is 0 Å². The van der Waals surface area contributed by atoms with Crippen molar-refractivity contribution in [1.82, 2.24) is 13.8 Å². The van der Waals surface area contributed by atoms with Crippen LogP contribution in [0.15, 0.2) is 17.2 Å². The first-order chi connectivity index (χ1) is 11.8. The van der Waals surface area contributed by atoms with Crippen molar-refractivity contribution in [3.63, 3.8) is 0 Å². The summed E-state index contributed by atoms with van der Waals surface area (Å²) in [5, 5.41) is 0. The van der Waals surface area contributed by atoms with Gasteiger partial charge in [-0.25, -0.2) is 8.42 Å². The van der Waals surface area contributed by atoms with Gasteiger partial charge in [-0.05, 0) is 43.7 Å². The fourth-order valence-corrected chi connectivity index (χ4v) is 5.44. The summed E-state index contributed by atoms with van der Waals surface area (Å²) >= 11 is 0. The van der Waals surface area contributed by atoms with Gasteiger partial charge in [-0.1, -0.05) is 6.92 Å². The molecule has 2 aliphatic heterocycles. The van der Waals surface area contributed by atoms with E-state index in [0.29, 0.717) is 50.3 Å². The van der Waals surface area contributed by atoms with Crippen LogP contribution in [0.3, 0.4) is 0 Å². The van der Waals surface area contributed by atoms with E-state index in [1.54, 1.807) is 27.0 Å². The fraction of sp³-hybridized carbons (Fsp3) is 0.706. The topological polar surface area (TPSA) is 88.6 Å². The summed E-state index contributed by atoms with van der Waals surface area (Å²) < 4.78 is 29.0. The molecule has 0 aliphatic carbocycles. The molecule has 8 heteroatoms. The molecule has 0 saturated carbocycles. The van der Waals surface area contributed by atoms with Crippen LogP contribution in [0.2, 0.25) is 0 Å². The number of rotatable bonds is 4. The largest absolute Gasteiger partial charge is 0.345 e. The predicted molar refractivity (Wildman–Crippen MR) is 95.6 cm³/mol. The molecule has 0 bridgehead atoms. The van der Waals surface area contributed by atoms with Gasteiger partial charge in [0, 0.05) is 39.4 Å². The van der Waals surface area contributed by atoms with Crippen LogP contribution >= 0.6 is 0 Å². The molecule has 3 heterocycles. The lowest BCUT2D eigenvalue weighted by Gasteiger charge is -2.29. The number of aryl methyl sites for hydroxylation is 1. The third-order valence-electron chi connectivity index (χ3n) is 5.36. The summed E-state index contributed by atoms with van der Waals surface area (Å²) in [6.45, 7) is 5.07. The molecular weight excluding hydrogens is 340 g/mol. The first kappa shape index (κ1) is 18.4. The van der Waals surface area contributed by atoms with Gasteiger partial charge in [-0.3, -0.25) is 4.79 Å². The Balaban J connectivity index is 1.81. The number of nitrogens with zero attached hydrogens (tertiary/aromatic N) is 3. The van der Waals surface area contributed by atoms with Crippen LogP contribution in [-0.4, -0.2) is 60.8 Å². The summed E-state index contributed by atoms with van der Waals surface area (Å²) in [4.78, 5) is 14.7. The van der Waals surface area contributed by atoms with Gasteiger partial charge in [-0.15, -0.1) is 0 Å². The summed E-state index contributed by atoms with van der Waals surface area (Å²) in [5.41, 5.74) is 6.11. The van der Waals surface area contributed by atoms with Crippen LogP contribution in [0.25, 0.3) is 0 Å². The normalized spacial score (nSPS) is 25.5. The van der Waals surface area contributed by atoms with E-state index in [2.05, 4.69) is 6.92 Å². The summed E-state index contributed by atoms with van der Waals surface area (Å²) in [6.07, 6.45) is 4.40. The number of aromatic nitrogens is 1. The number of piperidine rings is 1. The standard InChI is InChI=1S/C17H28N4O3S/c1-13-4-3-6-21(10-13)25(23,24)15-8-16(19(2)12-15)17(22)20-7-5-14(9-18)11-20/h8,12-14H,3-7,9-11,18H2,1-2H3. The van der Waals surface area contributed by atoms with Crippen molar-refractivity contribution in [2.75, 3.05) is 32.7 Å². The Bertz CT molecular complexity index is 743. The van der Waals surface area contributed by atoms with Gasteiger partial charge in [0.1, 0.15) is 10.6 Å². The molecule has 0 spiro atoms. The highest BCUT2D eigenvalue weighted by Crippen LogP contribution is 2.26. The second-order valence-electron chi connectivity index (χ2n) is 7.42. The van der Waals surface area contributed by atoms with Gasteiger partial charge < -0.3 is 15.2 Å². The van der Waals surface area contributed by atoms with Gasteiger partial charge >= 0.3 is 0 Å². The van der Waals surface area contributed by atoms with Crippen molar-refractivity contribution in [1.29, 1.82) is 0 Å². The number of carbonyl (C=O) groups excluding carboxylic acids is 1. The van der Waals surface area contributed by atoms with Crippen LogP contribution in [0.1, 0.15) is 36.7 Å². The maximum absolute atomic E-state index is 12.9. The van der Waals surface area contributed by atoms with Crippen molar-refractivity contribution in [3.05, 3.63) is 18.0 Å². The van der Waals surface area contributed by atoms with Gasteiger partial charge in [0.05, 0.1) is 0 Å². The predicted octanol–water partition coefficient (Wildman–Crippen LogP) is 0.867. The van der Waals surface area contributed by atoms with Crippen LogP contribution in [0, 0.1) is 11.8 Å². The molecule has 0 radical (unpaired) electrons. The number of amides is 1. The number of sulfonamides is 1. The Hall–Kier alpha value is -1.38. The molecule has 2 aliphatic rings. The van der Waals surface area contributed by atoms with Gasteiger partial charge in [0.25, 0.3) is 5.91 Å². The highest BCUT2D eigenvalue weighted by atomic mass is 32.2. The minimum atomic E-state index is -3.55. The van der Waals surface area contributed by atoms with Crippen LogP contribution in [-0.2, 0) is 17.1 Å². The monoisotopic (exact) mass is 368 g/mol. The number of likely N-dealkylation sites (tertiary alicyclic amines) is 1. The second kappa shape index (κ2) is 7.09. The molecule has 1 aromatic rings. The molecule has 1 aromatic heterocycles. The number of nitrogens with two attached hydrogens (primary N) is 1. The van der Waals surface area contributed by atoms with Crippen LogP contribution in [0.4, 0.5) is 0 Å². The maximum atomic E-state index is 12.9. The number of hydrogen-bond donors (Lipinski definition) is 1. The minimum Gasteiger partial charge on any atom is -0.345 e. The molecule has 140 valence electrons. The second-order valence-corrected chi connectivity index (χ2v) is 9.36. The van der Waals surface area contributed by atoms with E-state index in [4.69, 9.17) is 5.73 Å². The van der Waals surface area contributed by atoms with E-state index in [0.717, 1.165) is 19.3 Å². The van der Waals surface area contributed by atoms with E-state index in [-0.39, 0.29) is 10.8 Å². The number of hydrogen-bond acceptors (Lipinski definition) is 4. The Kier molecular flexibility index (Phi) is 5.22. The van der Waals surface area contributed by atoms with Crippen molar-refractivity contribution in [3.8, 4) is 0 Å². The average Bonchev–Trinajstić information content (AvgIpc) is 3.21. The molecule has 2 fully saturated rings.